The van der Waals surface area contributed by atoms with Gasteiger partial charge in [-0.15, -0.1) is 0 Å². The predicted molar refractivity (Wildman–Crippen MR) is 73.8 cm³/mol. The second kappa shape index (κ2) is 4.77. The Hall–Kier alpha value is -0.683. The largest absolute Gasteiger partial charge is 0.413 e. The Morgan fingerprint density at radius 1 is 1.39 bits per heavy atom. The lowest BCUT2D eigenvalue weighted by atomic mass is 9.84. The molecule has 3 atom stereocenters. The van der Waals surface area contributed by atoms with Crippen LogP contribution in [0.1, 0.15) is 34.6 Å². The van der Waals surface area contributed by atoms with Crippen molar-refractivity contribution in [2.45, 2.75) is 64.9 Å². The Bertz CT molecular complexity index is 360. The zero-order valence-electron chi connectivity index (χ0n) is 12.5. The summed E-state index contributed by atoms with van der Waals surface area (Å²) < 4.78 is 6.18. The number of Topliss-reactive ketones (excluding diaryl/α,β-unsaturated/α-hetero) is 1. The van der Waals surface area contributed by atoms with Crippen LogP contribution in [0.3, 0.4) is 0 Å². The molecule has 104 valence electrons. The van der Waals surface area contributed by atoms with Crippen LogP contribution in [0, 0.1) is 5.92 Å². The van der Waals surface area contributed by atoms with E-state index in [0.29, 0.717) is 0 Å². The first-order chi connectivity index (χ1) is 7.97. The minimum absolute atomic E-state index is 0.00489. The lowest BCUT2D eigenvalue weighted by Gasteiger charge is -2.44. The summed E-state index contributed by atoms with van der Waals surface area (Å²) in [6.07, 6.45) is -0.200. The van der Waals surface area contributed by atoms with Gasteiger partial charge >= 0.3 is 0 Å². The number of hydrogen-bond acceptors (Lipinski definition) is 3. The van der Waals surface area contributed by atoms with Gasteiger partial charge in [0, 0.05) is 0 Å². The first kappa shape index (κ1) is 15.4. The summed E-state index contributed by atoms with van der Waals surface area (Å²) in [4.78, 5) is 23.0. The fourth-order valence-electron chi connectivity index (χ4n) is 1.95. The van der Waals surface area contributed by atoms with E-state index in [0.717, 1.165) is 0 Å². The average molecular weight is 271 g/mol. The molecule has 18 heavy (non-hydrogen) atoms. The fraction of sp³-hybridized carbons (Fsp3) is 0.846. The standard InChI is InChI=1S/C13H25NO3Si/c1-8(15)11-10(12(16)14-11)9(2)17-18(6,7)13(3,4)5/h9-11H,1-7H3,(H,14,16)/t9?,10-,11-/m0/s1. The van der Waals surface area contributed by atoms with Crippen molar-refractivity contribution in [2.75, 3.05) is 0 Å². The van der Waals surface area contributed by atoms with E-state index in [4.69, 9.17) is 4.43 Å². The molecule has 0 bridgehead atoms. The van der Waals surface area contributed by atoms with E-state index in [1.54, 1.807) is 0 Å². The average Bonchev–Trinajstić information content (AvgIpc) is 2.10. The van der Waals surface area contributed by atoms with E-state index in [2.05, 4.69) is 39.2 Å². The highest BCUT2D eigenvalue weighted by molar-refractivity contribution is 6.74. The molecule has 0 aromatic rings. The molecule has 0 aromatic carbocycles. The molecular formula is C13H25NO3Si. The molecular weight excluding hydrogens is 246 g/mol. The van der Waals surface area contributed by atoms with Crippen LogP contribution in [0.25, 0.3) is 0 Å². The van der Waals surface area contributed by atoms with Crippen molar-refractivity contribution in [3.63, 3.8) is 0 Å². The van der Waals surface area contributed by atoms with Crippen molar-refractivity contribution in [3.8, 4) is 0 Å². The summed E-state index contributed by atoms with van der Waals surface area (Å²) in [7, 11) is -1.90. The monoisotopic (exact) mass is 271 g/mol. The number of ketones is 1. The van der Waals surface area contributed by atoms with E-state index < -0.39 is 8.32 Å². The fourth-order valence-corrected chi connectivity index (χ4v) is 3.38. The molecule has 0 aromatic heterocycles. The topological polar surface area (TPSA) is 55.4 Å². The van der Waals surface area contributed by atoms with Crippen LogP contribution in [0.2, 0.25) is 18.1 Å². The van der Waals surface area contributed by atoms with Gasteiger partial charge in [0.1, 0.15) is 6.04 Å². The molecule has 1 aliphatic heterocycles. The molecule has 4 nitrogen and oxygen atoms in total. The molecule has 5 heteroatoms. The number of amides is 1. The Kier molecular flexibility index (Phi) is 4.08. The quantitative estimate of drug-likeness (QED) is 0.629. The molecule has 0 radical (unpaired) electrons. The molecule has 1 saturated heterocycles. The van der Waals surface area contributed by atoms with Crippen molar-refractivity contribution in [2.24, 2.45) is 5.92 Å². The predicted octanol–water partition coefficient (Wildman–Crippen LogP) is 2.10. The Morgan fingerprint density at radius 2 is 1.89 bits per heavy atom. The van der Waals surface area contributed by atoms with Crippen molar-refractivity contribution in [1.29, 1.82) is 0 Å². The van der Waals surface area contributed by atoms with Gasteiger partial charge in [-0.25, -0.2) is 0 Å². The minimum atomic E-state index is -1.90. The molecule has 0 aliphatic carbocycles. The molecule has 1 rings (SSSR count). The van der Waals surface area contributed by atoms with E-state index in [1.165, 1.54) is 6.92 Å². The lowest BCUT2D eigenvalue weighted by molar-refractivity contribution is -0.146. The third-order valence-electron chi connectivity index (χ3n) is 4.19. The maximum atomic E-state index is 11.6. The first-order valence-corrected chi connectivity index (χ1v) is 9.37. The number of β-lactam (4-membered cyclic amide) rings is 1. The van der Waals surface area contributed by atoms with Gasteiger partial charge in [-0.1, -0.05) is 20.8 Å². The summed E-state index contributed by atoms with van der Waals surface area (Å²) >= 11 is 0. The van der Waals surface area contributed by atoms with Gasteiger partial charge in [0.2, 0.25) is 5.91 Å². The number of hydrogen-bond donors (Lipinski definition) is 1. The van der Waals surface area contributed by atoms with Crippen molar-refractivity contribution in [3.05, 3.63) is 0 Å². The second-order valence-corrected chi connectivity index (χ2v) is 11.5. The highest BCUT2D eigenvalue weighted by Gasteiger charge is 2.48. The second-order valence-electron chi connectivity index (χ2n) is 6.71. The number of carbonyl (C=O) groups is 2. The van der Waals surface area contributed by atoms with Crippen LogP contribution in [0.15, 0.2) is 0 Å². The summed E-state index contributed by atoms with van der Waals surface area (Å²) in [5.41, 5.74) is 0. The SMILES string of the molecule is CC(=O)[C@@H]1NC(=O)[C@H]1C(C)O[Si](C)(C)C(C)(C)C. The third-order valence-corrected chi connectivity index (χ3v) is 8.76. The highest BCUT2D eigenvalue weighted by Crippen LogP contribution is 2.38. The first-order valence-electron chi connectivity index (χ1n) is 6.46. The van der Waals surface area contributed by atoms with Gasteiger partial charge in [-0.3, -0.25) is 9.59 Å². The van der Waals surface area contributed by atoms with Crippen molar-refractivity contribution in [1.82, 2.24) is 5.32 Å². The van der Waals surface area contributed by atoms with E-state index in [9.17, 15) is 9.59 Å². The summed E-state index contributed by atoms with van der Waals surface area (Å²) in [6.45, 7) is 14.2. The lowest BCUT2D eigenvalue weighted by Crippen LogP contribution is -2.66. The molecule has 1 aliphatic rings. The smallest absolute Gasteiger partial charge is 0.228 e. The molecule has 0 saturated carbocycles. The normalized spacial score (nSPS) is 26.3. The van der Waals surface area contributed by atoms with Gasteiger partial charge in [0.25, 0.3) is 0 Å². The van der Waals surface area contributed by atoms with Crippen LogP contribution in [-0.2, 0) is 14.0 Å². The molecule has 1 heterocycles. The summed E-state index contributed by atoms with van der Waals surface area (Å²) in [6, 6.07) is -0.364. The van der Waals surface area contributed by atoms with Gasteiger partial charge in [0.15, 0.2) is 14.1 Å². The number of rotatable bonds is 4. The molecule has 1 amide bonds. The van der Waals surface area contributed by atoms with Crippen molar-refractivity contribution >= 4 is 20.0 Å². The maximum absolute atomic E-state index is 11.6. The highest BCUT2D eigenvalue weighted by atomic mass is 28.4. The number of nitrogens with one attached hydrogen (secondary N) is 1. The minimum Gasteiger partial charge on any atom is -0.413 e. The molecule has 1 fully saturated rings. The Morgan fingerprint density at radius 3 is 2.22 bits per heavy atom. The van der Waals surface area contributed by atoms with Crippen LogP contribution < -0.4 is 5.32 Å². The van der Waals surface area contributed by atoms with E-state index in [-0.39, 0.29) is 34.8 Å². The Balaban J connectivity index is 2.74. The van der Waals surface area contributed by atoms with Gasteiger partial charge in [-0.2, -0.15) is 0 Å². The van der Waals surface area contributed by atoms with E-state index in [1.807, 2.05) is 6.92 Å². The van der Waals surface area contributed by atoms with Crippen LogP contribution in [0.5, 0.6) is 0 Å². The van der Waals surface area contributed by atoms with Crippen LogP contribution >= 0.6 is 0 Å². The van der Waals surface area contributed by atoms with Gasteiger partial charge < -0.3 is 9.74 Å². The summed E-state index contributed by atoms with van der Waals surface area (Å²) in [5.74, 6) is -0.386. The zero-order chi connectivity index (χ0) is 14.3. The van der Waals surface area contributed by atoms with Crippen molar-refractivity contribution < 1.29 is 14.0 Å². The maximum Gasteiger partial charge on any atom is 0.228 e. The molecule has 0 spiro atoms. The number of carbonyl (C=O) groups excluding carboxylic acids is 2. The van der Waals surface area contributed by atoms with Gasteiger partial charge in [0.05, 0.1) is 12.0 Å². The zero-order valence-corrected chi connectivity index (χ0v) is 13.5. The van der Waals surface area contributed by atoms with Crippen LogP contribution in [0.4, 0.5) is 0 Å². The Labute approximate surface area is 111 Å². The molecule has 1 N–H and O–H groups in total. The van der Waals surface area contributed by atoms with E-state index >= 15 is 0 Å². The van der Waals surface area contributed by atoms with Crippen LogP contribution in [-0.4, -0.2) is 32.2 Å². The molecule has 1 unspecified atom stereocenters. The summed E-state index contributed by atoms with van der Waals surface area (Å²) in [5, 5.41) is 2.75. The third kappa shape index (κ3) is 2.83. The van der Waals surface area contributed by atoms with Gasteiger partial charge in [-0.05, 0) is 32.0 Å².